The van der Waals surface area contributed by atoms with E-state index in [1.165, 1.54) is 37.7 Å². The molecule has 2 rings (SSSR count). The minimum absolute atomic E-state index is 0.403. The predicted octanol–water partition coefficient (Wildman–Crippen LogP) is 3.17. The van der Waals surface area contributed by atoms with Crippen LogP contribution >= 0.6 is 0 Å². The van der Waals surface area contributed by atoms with Crippen molar-refractivity contribution in [3.63, 3.8) is 0 Å². The molecule has 0 unspecified atom stereocenters. The topological polar surface area (TPSA) is 35.2 Å². The third-order valence-electron chi connectivity index (χ3n) is 3.35. The highest BCUT2D eigenvalue weighted by Gasteiger charge is 2.17. The first-order valence-electron chi connectivity index (χ1n) is 6.26. The van der Waals surface area contributed by atoms with Crippen molar-refractivity contribution in [2.75, 3.05) is 0 Å². The zero-order valence-corrected chi connectivity index (χ0v) is 10.0. The molecule has 1 aliphatic rings. The number of nitrogens with two attached hydrogens (primary N) is 1. The van der Waals surface area contributed by atoms with Crippen LogP contribution in [-0.2, 0) is 6.54 Å². The van der Waals surface area contributed by atoms with Crippen molar-refractivity contribution in [3.05, 3.63) is 29.3 Å². The molecule has 0 aromatic heterocycles. The van der Waals surface area contributed by atoms with Gasteiger partial charge in [-0.05, 0) is 38.2 Å². The maximum absolute atomic E-state index is 6.13. The molecule has 2 N–H and O–H groups in total. The standard InChI is InChI=1S/C14H21NO/c1-11-6-5-7-12(10-15)14(11)16-13-8-3-2-4-9-13/h5-7,13H,2-4,8-10,15H2,1H3. The number of hydrogen-bond acceptors (Lipinski definition) is 2. The van der Waals surface area contributed by atoms with Crippen LogP contribution in [0.5, 0.6) is 5.75 Å². The summed E-state index contributed by atoms with van der Waals surface area (Å²) in [6.07, 6.45) is 6.75. The van der Waals surface area contributed by atoms with Crippen molar-refractivity contribution < 1.29 is 4.74 Å². The Hall–Kier alpha value is -1.02. The molecule has 0 bridgehead atoms. The van der Waals surface area contributed by atoms with Crippen LogP contribution < -0.4 is 10.5 Å². The van der Waals surface area contributed by atoms with Gasteiger partial charge in [0.2, 0.25) is 0 Å². The van der Waals surface area contributed by atoms with E-state index in [1.807, 2.05) is 6.07 Å². The second kappa shape index (κ2) is 5.35. The highest BCUT2D eigenvalue weighted by molar-refractivity contribution is 5.40. The van der Waals surface area contributed by atoms with Gasteiger partial charge in [-0.3, -0.25) is 0 Å². The van der Waals surface area contributed by atoms with Crippen LogP contribution in [0.25, 0.3) is 0 Å². The number of ether oxygens (including phenoxy) is 1. The van der Waals surface area contributed by atoms with Crippen molar-refractivity contribution in [1.29, 1.82) is 0 Å². The number of rotatable bonds is 3. The zero-order chi connectivity index (χ0) is 11.4. The van der Waals surface area contributed by atoms with Crippen molar-refractivity contribution in [1.82, 2.24) is 0 Å². The summed E-state index contributed by atoms with van der Waals surface area (Å²) in [6, 6.07) is 6.20. The van der Waals surface area contributed by atoms with E-state index in [0.717, 1.165) is 11.3 Å². The van der Waals surface area contributed by atoms with Gasteiger partial charge in [0.05, 0.1) is 6.10 Å². The van der Waals surface area contributed by atoms with Crippen LogP contribution in [0.15, 0.2) is 18.2 Å². The molecule has 1 saturated carbocycles. The Morgan fingerprint density at radius 1 is 1.25 bits per heavy atom. The maximum atomic E-state index is 6.13. The largest absolute Gasteiger partial charge is 0.490 e. The smallest absolute Gasteiger partial charge is 0.127 e. The highest BCUT2D eigenvalue weighted by Crippen LogP contribution is 2.28. The molecule has 0 heterocycles. The summed E-state index contributed by atoms with van der Waals surface area (Å²) in [4.78, 5) is 0. The van der Waals surface area contributed by atoms with Crippen molar-refractivity contribution in [2.24, 2.45) is 5.73 Å². The predicted molar refractivity (Wildman–Crippen MR) is 66.6 cm³/mol. The highest BCUT2D eigenvalue weighted by atomic mass is 16.5. The number of para-hydroxylation sites is 1. The van der Waals surface area contributed by atoms with E-state index in [0.29, 0.717) is 12.6 Å². The van der Waals surface area contributed by atoms with Gasteiger partial charge in [-0.2, -0.15) is 0 Å². The molecule has 0 saturated heterocycles. The lowest BCUT2D eigenvalue weighted by molar-refractivity contribution is 0.152. The molecular formula is C14H21NO. The lowest BCUT2D eigenvalue weighted by Gasteiger charge is -2.25. The molecule has 88 valence electrons. The average molecular weight is 219 g/mol. The van der Waals surface area contributed by atoms with Gasteiger partial charge in [0.15, 0.2) is 0 Å². The third kappa shape index (κ3) is 2.56. The normalized spacial score (nSPS) is 17.4. The first kappa shape index (κ1) is 11.5. The Bertz CT molecular complexity index is 343. The van der Waals surface area contributed by atoms with E-state index in [1.54, 1.807) is 0 Å². The molecule has 0 atom stereocenters. The molecule has 0 amide bonds. The van der Waals surface area contributed by atoms with E-state index in [4.69, 9.17) is 10.5 Å². The van der Waals surface area contributed by atoms with Gasteiger partial charge >= 0.3 is 0 Å². The van der Waals surface area contributed by atoms with Crippen LogP contribution in [-0.4, -0.2) is 6.10 Å². The van der Waals surface area contributed by atoms with E-state index in [9.17, 15) is 0 Å². The summed E-state index contributed by atoms with van der Waals surface area (Å²) < 4.78 is 6.13. The summed E-state index contributed by atoms with van der Waals surface area (Å²) in [5.74, 6) is 1.02. The molecule has 1 aromatic rings. The Kier molecular flexibility index (Phi) is 3.83. The van der Waals surface area contributed by atoms with Gasteiger partial charge in [-0.25, -0.2) is 0 Å². The minimum atomic E-state index is 0.403. The van der Waals surface area contributed by atoms with E-state index in [-0.39, 0.29) is 0 Å². The SMILES string of the molecule is Cc1cccc(CN)c1OC1CCCCC1. The van der Waals surface area contributed by atoms with Crippen LogP contribution in [0.1, 0.15) is 43.2 Å². The van der Waals surface area contributed by atoms with Gasteiger partial charge in [-0.15, -0.1) is 0 Å². The summed E-state index contributed by atoms with van der Waals surface area (Å²) in [6.45, 7) is 2.65. The molecule has 16 heavy (non-hydrogen) atoms. The maximum Gasteiger partial charge on any atom is 0.127 e. The van der Waals surface area contributed by atoms with Crippen molar-refractivity contribution >= 4 is 0 Å². The monoisotopic (exact) mass is 219 g/mol. The van der Waals surface area contributed by atoms with E-state index >= 15 is 0 Å². The minimum Gasteiger partial charge on any atom is -0.490 e. The molecule has 2 nitrogen and oxygen atoms in total. The van der Waals surface area contributed by atoms with Crippen molar-refractivity contribution in [3.8, 4) is 5.75 Å². The van der Waals surface area contributed by atoms with Gasteiger partial charge in [-0.1, -0.05) is 24.6 Å². The Morgan fingerprint density at radius 3 is 2.69 bits per heavy atom. The van der Waals surface area contributed by atoms with Gasteiger partial charge in [0, 0.05) is 12.1 Å². The second-order valence-electron chi connectivity index (χ2n) is 4.65. The Morgan fingerprint density at radius 2 is 2.00 bits per heavy atom. The third-order valence-corrected chi connectivity index (χ3v) is 3.35. The van der Waals surface area contributed by atoms with Gasteiger partial charge in [0.1, 0.15) is 5.75 Å². The zero-order valence-electron chi connectivity index (χ0n) is 10.0. The van der Waals surface area contributed by atoms with Crippen LogP contribution in [0, 0.1) is 6.92 Å². The molecule has 0 aliphatic heterocycles. The van der Waals surface area contributed by atoms with E-state index in [2.05, 4.69) is 19.1 Å². The fraction of sp³-hybridized carbons (Fsp3) is 0.571. The lowest BCUT2D eigenvalue weighted by atomic mass is 9.97. The van der Waals surface area contributed by atoms with E-state index < -0.39 is 0 Å². The Labute approximate surface area is 97.8 Å². The molecule has 0 spiro atoms. The number of hydrogen-bond donors (Lipinski definition) is 1. The quantitative estimate of drug-likeness (QED) is 0.847. The van der Waals surface area contributed by atoms with Gasteiger partial charge in [0.25, 0.3) is 0 Å². The summed E-state index contributed by atoms with van der Waals surface area (Å²) >= 11 is 0. The summed E-state index contributed by atoms with van der Waals surface area (Å²) in [7, 11) is 0. The van der Waals surface area contributed by atoms with Crippen LogP contribution in [0.4, 0.5) is 0 Å². The fourth-order valence-electron chi connectivity index (χ4n) is 2.39. The fourth-order valence-corrected chi connectivity index (χ4v) is 2.39. The molecule has 0 radical (unpaired) electrons. The number of benzene rings is 1. The average Bonchev–Trinajstić information content (AvgIpc) is 2.33. The van der Waals surface area contributed by atoms with Gasteiger partial charge < -0.3 is 10.5 Å². The van der Waals surface area contributed by atoms with Crippen LogP contribution in [0.3, 0.4) is 0 Å². The van der Waals surface area contributed by atoms with Crippen molar-refractivity contribution in [2.45, 2.75) is 51.7 Å². The molecule has 1 aliphatic carbocycles. The second-order valence-corrected chi connectivity index (χ2v) is 4.65. The molecule has 1 fully saturated rings. The summed E-state index contributed by atoms with van der Waals surface area (Å²) in [5, 5.41) is 0. The first-order chi connectivity index (χ1) is 7.81. The molecular weight excluding hydrogens is 198 g/mol. The first-order valence-corrected chi connectivity index (χ1v) is 6.26. The summed E-state index contributed by atoms with van der Waals surface area (Å²) in [5.41, 5.74) is 8.08. The van der Waals surface area contributed by atoms with Crippen LogP contribution in [0.2, 0.25) is 0 Å². The molecule has 2 heteroatoms. The lowest BCUT2D eigenvalue weighted by Crippen LogP contribution is -2.21. The Balaban J connectivity index is 2.12. The molecule has 1 aromatic carbocycles. The number of aryl methyl sites for hydroxylation is 1.